The van der Waals surface area contributed by atoms with Crippen LogP contribution in [0.25, 0.3) is 0 Å². The Morgan fingerprint density at radius 2 is 2.20 bits per heavy atom. The van der Waals surface area contributed by atoms with Gasteiger partial charge in [-0.2, -0.15) is 24.9 Å². The maximum atomic E-state index is 12.5. The van der Waals surface area contributed by atoms with Crippen molar-refractivity contribution in [3.63, 3.8) is 0 Å². The van der Waals surface area contributed by atoms with E-state index in [1.54, 1.807) is 11.8 Å². The first kappa shape index (κ1) is 15.2. The van der Waals surface area contributed by atoms with Crippen LogP contribution in [0, 0.1) is 0 Å². The molecule has 110 valence electrons. The Morgan fingerprint density at radius 3 is 2.80 bits per heavy atom. The van der Waals surface area contributed by atoms with Crippen LogP contribution in [0.15, 0.2) is 24.3 Å². The Kier molecular flexibility index (Phi) is 4.29. The molecule has 1 saturated heterocycles. The first-order chi connectivity index (χ1) is 9.30. The van der Waals surface area contributed by atoms with Gasteiger partial charge in [-0.05, 0) is 30.4 Å². The molecule has 0 spiro atoms. The molecule has 0 saturated carbocycles. The topological polar surface area (TPSA) is 49.3 Å². The van der Waals surface area contributed by atoms with Crippen LogP contribution >= 0.6 is 11.8 Å². The van der Waals surface area contributed by atoms with Gasteiger partial charge in [0.15, 0.2) is 0 Å². The van der Waals surface area contributed by atoms with E-state index in [1.807, 2.05) is 0 Å². The van der Waals surface area contributed by atoms with E-state index >= 15 is 0 Å². The van der Waals surface area contributed by atoms with Crippen molar-refractivity contribution in [2.45, 2.75) is 18.2 Å². The molecule has 2 N–H and O–H groups in total. The molecule has 1 aromatic carbocycles. The number of hydrogen-bond donors (Lipinski definition) is 2. The van der Waals surface area contributed by atoms with E-state index in [4.69, 9.17) is 0 Å². The second-order valence-electron chi connectivity index (χ2n) is 4.79. The summed E-state index contributed by atoms with van der Waals surface area (Å²) < 4.78 is 37.6. The minimum atomic E-state index is -4.48. The number of carbonyl (C=O) groups is 1. The van der Waals surface area contributed by atoms with E-state index in [1.165, 1.54) is 12.1 Å². The van der Waals surface area contributed by atoms with E-state index < -0.39 is 23.2 Å². The lowest BCUT2D eigenvalue weighted by molar-refractivity contribution is -0.137. The summed E-state index contributed by atoms with van der Waals surface area (Å²) in [6.45, 7) is 0.0507. The third-order valence-electron chi connectivity index (χ3n) is 3.11. The number of amides is 1. The van der Waals surface area contributed by atoms with E-state index in [-0.39, 0.29) is 12.1 Å². The minimum Gasteiger partial charge on any atom is -0.387 e. The van der Waals surface area contributed by atoms with Crippen LogP contribution < -0.4 is 5.32 Å². The van der Waals surface area contributed by atoms with Gasteiger partial charge in [0.05, 0.1) is 11.2 Å². The Morgan fingerprint density at radius 1 is 1.45 bits per heavy atom. The molecule has 1 fully saturated rings. The second kappa shape index (κ2) is 5.65. The normalized spacial score (nSPS) is 22.8. The van der Waals surface area contributed by atoms with Gasteiger partial charge in [0.1, 0.15) is 0 Å². The Balaban J connectivity index is 2.02. The smallest absolute Gasteiger partial charge is 0.387 e. The molecule has 1 unspecified atom stereocenters. The maximum Gasteiger partial charge on any atom is 0.416 e. The summed E-state index contributed by atoms with van der Waals surface area (Å²) in [6.07, 6.45) is -3.91. The molecule has 0 aromatic heterocycles. The van der Waals surface area contributed by atoms with Gasteiger partial charge in [-0.15, -0.1) is 0 Å². The summed E-state index contributed by atoms with van der Waals surface area (Å²) in [5, 5.41) is 12.5. The van der Waals surface area contributed by atoms with Gasteiger partial charge >= 0.3 is 6.18 Å². The highest BCUT2D eigenvalue weighted by atomic mass is 32.2. The molecule has 3 nitrogen and oxygen atoms in total. The van der Waals surface area contributed by atoms with E-state index in [9.17, 15) is 23.1 Å². The number of alkyl halides is 3. The number of benzene rings is 1. The molecule has 20 heavy (non-hydrogen) atoms. The van der Waals surface area contributed by atoms with Crippen molar-refractivity contribution >= 4 is 17.7 Å². The van der Waals surface area contributed by atoms with Gasteiger partial charge < -0.3 is 10.4 Å². The zero-order valence-electron chi connectivity index (χ0n) is 10.5. The van der Waals surface area contributed by atoms with Crippen molar-refractivity contribution in [2.75, 3.05) is 18.1 Å². The molecule has 1 aliphatic heterocycles. The molecule has 1 heterocycles. The highest BCUT2D eigenvalue weighted by Gasteiger charge is 2.33. The maximum absolute atomic E-state index is 12.5. The third kappa shape index (κ3) is 3.67. The predicted octanol–water partition coefficient (Wildman–Crippen LogP) is 2.30. The van der Waals surface area contributed by atoms with E-state index in [2.05, 4.69) is 5.32 Å². The van der Waals surface area contributed by atoms with Crippen molar-refractivity contribution in [2.24, 2.45) is 0 Å². The molecule has 1 amide bonds. The van der Waals surface area contributed by atoms with E-state index in [0.29, 0.717) is 12.2 Å². The SMILES string of the molecule is O=C(NCC1(O)CCSC1)c1cccc(C(F)(F)F)c1. The summed E-state index contributed by atoms with van der Waals surface area (Å²) in [5.74, 6) is 0.729. The summed E-state index contributed by atoms with van der Waals surface area (Å²) in [4.78, 5) is 11.8. The Hall–Kier alpha value is -1.21. The van der Waals surface area contributed by atoms with Gasteiger partial charge in [0, 0.05) is 17.9 Å². The predicted molar refractivity (Wildman–Crippen MR) is 70.7 cm³/mol. The number of carbonyl (C=O) groups excluding carboxylic acids is 1. The Bertz CT molecular complexity index is 499. The molecule has 1 aliphatic rings. The number of nitrogens with one attached hydrogen (secondary N) is 1. The lowest BCUT2D eigenvalue weighted by atomic mass is 10.0. The van der Waals surface area contributed by atoms with Crippen LogP contribution in [0.1, 0.15) is 22.3 Å². The molecule has 7 heteroatoms. The van der Waals surface area contributed by atoms with Crippen LogP contribution in [0.5, 0.6) is 0 Å². The Labute approximate surface area is 118 Å². The average Bonchev–Trinajstić information content (AvgIpc) is 2.83. The van der Waals surface area contributed by atoms with Gasteiger partial charge in [-0.3, -0.25) is 4.79 Å². The highest BCUT2D eigenvalue weighted by molar-refractivity contribution is 7.99. The molecular formula is C13H14F3NO2S. The van der Waals surface area contributed by atoms with Crippen molar-refractivity contribution < 1.29 is 23.1 Å². The summed E-state index contributed by atoms with van der Waals surface area (Å²) in [6, 6.07) is 4.23. The fraction of sp³-hybridized carbons (Fsp3) is 0.462. The van der Waals surface area contributed by atoms with Crippen LogP contribution in [0.3, 0.4) is 0 Å². The largest absolute Gasteiger partial charge is 0.416 e. The van der Waals surface area contributed by atoms with E-state index in [0.717, 1.165) is 17.9 Å². The summed E-state index contributed by atoms with van der Waals surface area (Å²) >= 11 is 1.58. The van der Waals surface area contributed by atoms with Crippen molar-refractivity contribution in [3.05, 3.63) is 35.4 Å². The molecule has 2 rings (SSSR count). The number of thioether (sulfide) groups is 1. The van der Waals surface area contributed by atoms with Crippen LogP contribution in [-0.2, 0) is 6.18 Å². The summed E-state index contributed by atoms with van der Waals surface area (Å²) in [7, 11) is 0. The number of rotatable bonds is 3. The van der Waals surface area contributed by atoms with Gasteiger partial charge in [0.2, 0.25) is 0 Å². The number of halogens is 3. The molecular weight excluding hydrogens is 291 g/mol. The molecule has 0 radical (unpaired) electrons. The lowest BCUT2D eigenvalue weighted by Gasteiger charge is -2.21. The monoisotopic (exact) mass is 305 g/mol. The van der Waals surface area contributed by atoms with Crippen LogP contribution in [-0.4, -0.2) is 34.7 Å². The molecule has 0 bridgehead atoms. The van der Waals surface area contributed by atoms with Crippen molar-refractivity contribution in [1.82, 2.24) is 5.32 Å². The second-order valence-corrected chi connectivity index (χ2v) is 5.89. The zero-order chi connectivity index (χ0) is 14.8. The van der Waals surface area contributed by atoms with Crippen molar-refractivity contribution in [1.29, 1.82) is 0 Å². The van der Waals surface area contributed by atoms with Gasteiger partial charge in [-0.25, -0.2) is 0 Å². The fourth-order valence-electron chi connectivity index (χ4n) is 1.92. The number of hydrogen-bond acceptors (Lipinski definition) is 3. The standard InChI is InChI=1S/C13H14F3NO2S/c14-13(15,16)10-3-1-2-9(6-10)11(18)17-7-12(19)4-5-20-8-12/h1-3,6,19H,4-5,7-8H2,(H,17,18). The zero-order valence-corrected chi connectivity index (χ0v) is 11.4. The fourth-order valence-corrected chi connectivity index (χ4v) is 3.21. The van der Waals surface area contributed by atoms with Gasteiger partial charge in [0.25, 0.3) is 5.91 Å². The lowest BCUT2D eigenvalue weighted by Crippen LogP contribution is -2.42. The first-order valence-electron chi connectivity index (χ1n) is 6.06. The third-order valence-corrected chi connectivity index (χ3v) is 4.35. The molecule has 0 aliphatic carbocycles. The average molecular weight is 305 g/mol. The molecule has 1 aromatic rings. The van der Waals surface area contributed by atoms with Crippen molar-refractivity contribution in [3.8, 4) is 0 Å². The quantitative estimate of drug-likeness (QED) is 0.901. The first-order valence-corrected chi connectivity index (χ1v) is 7.21. The minimum absolute atomic E-state index is 0.0507. The van der Waals surface area contributed by atoms with Crippen LogP contribution in [0.2, 0.25) is 0 Å². The van der Waals surface area contributed by atoms with Crippen LogP contribution in [0.4, 0.5) is 13.2 Å². The highest BCUT2D eigenvalue weighted by Crippen LogP contribution is 2.30. The molecule has 1 atom stereocenters. The number of aliphatic hydroxyl groups is 1. The van der Waals surface area contributed by atoms with Gasteiger partial charge in [-0.1, -0.05) is 6.07 Å². The summed E-state index contributed by atoms with van der Waals surface area (Å²) in [5.41, 5.74) is -1.88.